The van der Waals surface area contributed by atoms with Crippen LogP contribution in [0.3, 0.4) is 0 Å². The highest BCUT2D eigenvalue weighted by atomic mass is 79.9. The lowest BCUT2D eigenvalue weighted by molar-refractivity contribution is 0.423. The molecule has 19 heavy (non-hydrogen) atoms. The Morgan fingerprint density at radius 1 is 1.32 bits per heavy atom. The largest absolute Gasteiger partial charge is 0.325 e. The van der Waals surface area contributed by atoms with E-state index in [4.69, 9.17) is 4.98 Å². The molecule has 1 saturated heterocycles. The van der Waals surface area contributed by atoms with Crippen LogP contribution in [0.1, 0.15) is 44.5 Å². The molecule has 4 heteroatoms. The maximum absolute atomic E-state index is 4.92. The van der Waals surface area contributed by atoms with Gasteiger partial charge in [0.15, 0.2) is 0 Å². The van der Waals surface area contributed by atoms with Gasteiger partial charge in [0.05, 0.1) is 11.0 Å². The van der Waals surface area contributed by atoms with Crippen LogP contribution in [0.25, 0.3) is 11.0 Å². The van der Waals surface area contributed by atoms with Gasteiger partial charge in [-0.2, -0.15) is 0 Å². The van der Waals surface area contributed by atoms with Crippen molar-refractivity contribution in [1.29, 1.82) is 0 Å². The van der Waals surface area contributed by atoms with Crippen molar-refractivity contribution in [1.82, 2.24) is 14.9 Å². The average Bonchev–Trinajstić information content (AvgIpc) is 2.78. The second kappa shape index (κ2) is 5.25. The second-order valence-electron chi connectivity index (χ2n) is 5.59. The van der Waals surface area contributed by atoms with E-state index in [2.05, 4.69) is 57.9 Å². The van der Waals surface area contributed by atoms with Gasteiger partial charge in [-0.3, -0.25) is 0 Å². The van der Waals surface area contributed by atoms with Crippen molar-refractivity contribution in [3.8, 4) is 0 Å². The first-order valence-corrected chi connectivity index (χ1v) is 7.84. The van der Waals surface area contributed by atoms with E-state index >= 15 is 0 Å². The van der Waals surface area contributed by atoms with Gasteiger partial charge in [0.25, 0.3) is 0 Å². The molecule has 1 N–H and O–H groups in total. The van der Waals surface area contributed by atoms with Gasteiger partial charge in [-0.1, -0.05) is 15.9 Å². The summed E-state index contributed by atoms with van der Waals surface area (Å²) in [7, 11) is 0. The Morgan fingerprint density at radius 3 is 2.74 bits per heavy atom. The topological polar surface area (TPSA) is 29.9 Å². The SMILES string of the molecule is CC(C)n1c(C2CCNCC2)nc2cc(Br)ccc21. The predicted octanol–water partition coefficient (Wildman–Crippen LogP) is 3.85. The molecule has 0 spiro atoms. The van der Waals surface area contributed by atoms with Gasteiger partial charge in [0, 0.05) is 16.4 Å². The Balaban J connectivity index is 2.13. The number of nitrogens with zero attached hydrogens (tertiary/aromatic N) is 2. The van der Waals surface area contributed by atoms with Crippen LogP contribution in [-0.2, 0) is 0 Å². The zero-order chi connectivity index (χ0) is 13.4. The molecule has 0 amide bonds. The Bertz CT molecular complexity index is 582. The summed E-state index contributed by atoms with van der Waals surface area (Å²) in [6.45, 7) is 6.70. The molecule has 2 aromatic rings. The summed E-state index contributed by atoms with van der Waals surface area (Å²) in [5.41, 5.74) is 2.36. The van der Waals surface area contributed by atoms with Crippen LogP contribution >= 0.6 is 15.9 Å². The van der Waals surface area contributed by atoms with Crippen molar-refractivity contribution < 1.29 is 0 Å². The van der Waals surface area contributed by atoms with Gasteiger partial charge in [-0.15, -0.1) is 0 Å². The minimum Gasteiger partial charge on any atom is -0.325 e. The summed E-state index contributed by atoms with van der Waals surface area (Å²) in [5.74, 6) is 1.86. The molecular formula is C15H20BrN3. The van der Waals surface area contributed by atoms with Gasteiger partial charge in [-0.25, -0.2) is 4.98 Å². The highest BCUT2D eigenvalue weighted by molar-refractivity contribution is 9.10. The Kier molecular flexibility index (Phi) is 3.63. The maximum Gasteiger partial charge on any atom is 0.113 e. The number of aromatic nitrogens is 2. The fraction of sp³-hybridized carbons (Fsp3) is 0.533. The number of hydrogen-bond donors (Lipinski definition) is 1. The monoisotopic (exact) mass is 321 g/mol. The Hall–Kier alpha value is -0.870. The maximum atomic E-state index is 4.92. The minimum absolute atomic E-state index is 0.455. The quantitative estimate of drug-likeness (QED) is 0.910. The summed E-state index contributed by atoms with van der Waals surface area (Å²) < 4.78 is 3.52. The fourth-order valence-corrected chi connectivity index (χ4v) is 3.35. The van der Waals surface area contributed by atoms with E-state index in [1.807, 2.05) is 0 Å². The van der Waals surface area contributed by atoms with Crippen LogP contribution in [0.5, 0.6) is 0 Å². The molecule has 3 rings (SSSR count). The van der Waals surface area contributed by atoms with Crippen LogP contribution in [0, 0.1) is 0 Å². The molecule has 0 atom stereocenters. The molecule has 0 saturated carbocycles. The molecule has 1 aromatic heterocycles. The van der Waals surface area contributed by atoms with Crippen molar-refractivity contribution in [2.24, 2.45) is 0 Å². The van der Waals surface area contributed by atoms with E-state index < -0.39 is 0 Å². The van der Waals surface area contributed by atoms with E-state index in [0.717, 1.165) is 23.1 Å². The summed E-state index contributed by atoms with van der Waals surface area (Å²) in [5, 5.41) is 3.43. The number of halogens is 1. The van der Waals surface area contributed by atoms with Crippen LogP contribution in [0.4, 0.5) is 0 Å². The number of rotatable bonds is 2. The molecule has 1 fully saturated rings. The fourth-order valence-electron chi connectivity index (χ4n) is 3.00. The molecule has 1 aliphatic heterocycles. The standard InChI is InChI=1S/C15H20BrN3/c1-10(2)19-14-4-3-12(16)9-13(14)18-15(19)11-5-7-17-8-6-11/h3-4,9-11,17H,5-8H2,1-2H3. The zero-order valence-corrected chi connectivity index (χ0v) is 13.1. The first-order chi connectivity index (χ1) is 9.16. The first kappa shape index (κ1) is 13.1. The Morgan fingerprint density at radius 2 is 2.05 bits per heavy atom. The first-order valence-electron chi connectivity index (χ1n) is 7.05. The third-order valence-electron chi connectivity index (χ3n) is 3.90. The molecule has 3 nitrogen and oxygen atoms in total. The van der Waals surface area contributed by atoms with Crippen LogP contribution in [0.2, 0.25) is 0 Å². The van der Waals surface area contributed by atoms with Crippen molar-refractivity contribution in [2.75, 3.05) is 13.1 Å². The van der Waals surface area contributed by atoms with E-state index in [1.165, 1.54) is 24.2 Å². The van der Waals surface area contributed by atoms with Crippen molar-refractivity contribution in [3.05, 3.63) is 28.5 Å². The predicted molar refractivity (Wildman–Crippen MR) is 82.7 cm³/mol. The summed E-state index contributed by atoms with van der Waals surface area (Å²) >= 11 is 3.54. The Labute approximate surface area is 122 Å². The van der Waals surface area contributed by atoms with Crippen molar-refractivity contribution in [2.45, 2.75) is 38.6 Å². The van der Waals surface area contributed by atoms with Gasteiger partial charge in [-0.05, 0) is 58.0 Å². The molecule has 2 heterocycles. The lowest BCUT2D eigenvalue weighted by Crippen LogP contribution is -2.28. The molecule has 0 radical (unpaired) electrons. The lowest BCUT2D eigenvalue weighted by Gasteiger charge is -2.24. The number of fused-ring (bicyclic) bond motifs is 1. The van der Waals surface area contributed by atoms with E-state index in [1.54, 1.807) is 0 Å². The lowest BCUT2D eigenvalue weighted by atomic mass is 9.97. The number of nitrogens with one attached hydrogen (secondary N) is 1. The molecule has 0 unspecified atom stereocenters. The van der Waals surface area contributed by atoms with Crippen molar-refractivity contribution in [3.63, 3.8) is 0 Å². The highest BCUT2D eigenvalue weighted by Gasteiger charge is 2.23. The number of piperidine rings is 1. The second-order valence-corrected chi connectivity index (χ2v) is 6.51. The molecule has 102 valence electrons. The van der Waals surface area contributed by atoms with E-state index in [0.29, 0.717) is 12.0 Å². The summed E-state index contributed by atoms with van der Waals surface area (Å²) in [4.78, 5) is 4.92. The number of imidazole rings is 1. The number of hydrogen-bond acceptors (Lipinski definition) is 2. The average molecular weight is 322 g/mol. The molecule has 1 aromatic carbocycles. The van der Waals surface area contributed by atoms with Gasteiger partial charge < -0.3 is 9.88 Å². The van der Waals surface area contributed by atoms with E-state index in [-0.39, 0.29) is 0 Å². The van der Waals surface area contributed by atoms with E-state index in [9.17, 15) is 0 Å². The zero-order valence-electron chi connectivity index (χ0n) is 11.5. The normalized spacial score (nSPS) is 17.5. The minimum atomic E-state index is 0.455. The third-order valence-corrected chi connectivity index (χ3v) is 4.39. The van der Waals surface area contributed by atoms with Gasteiger partial charge >= 0.3 is 0 Å². The molecular weight excluding hydrogens is 302 g/mol. The van der Waals surface area contributed by atoms with Gasteiger partial charge in [0.1, 0.15) is 5.82 Å². The molecule has 0 bridgehead atoms. The third kappa shape index (κ3) is 2.43. The van der Waals surface area contributed by atoms with Crippen LogP contribution in [-0.4, -0.2) is 22.6 Å². The summed E-state index contributed by atoms with van der Waals surface area (Å²) in [6.07, 6.45) is 2.38. The van der Waals surface area contributed by atoms with Crippen molar-refractivity contribution >= 4 is 27.0 Å². The summed E-state index contributed by atoms with van der Waals surface area (Å²) in [6, 6.07) is 6.86. The van der Waals surface area contributed by atoms with Crippen LogP contribution < -0.4 is 5.32 Å². The van der Waals surface area contributed by atoms with Gasteiger partial charge in [0.2, 0.25) is 0 Å². The molecule has 0 aliphatic carbocycles. The molecule has 1 aliphatic rings. The number of benzene rings is 1. The smallest absolute Gasteiger partial charge is 0.113 e. The van der Waals surface area contributed by atoms with Crippen LogP contribution in [0.15, 0.2) is 22.7 Å². The highest BCUT2D eigenvalue weighted by Crippen LogP contribution is 2.31.